The van der Waals surface area contributed by atoms with Crippen molar-refractivity contribution >= 4 is 21.7 Å². The van der Waals surface area contributed by atoms with E-state index < -0.39 is 32.3 Å². The molecule has 21 heavy (non-hydrogen) atoms. The third-order valence-corrected chi connectivity index (χ3v) is 3.82. The number of hydrogen-bond donors (Lipinski definition) is 0. The van der Waals surface area contributed by atoms with Gasteiger partial charge in [-0.05, 0) is 30.3 Å². The lowest BCUT2D eigenvalue weighted by molar-refractivity contribution is -0.137. The molecule has 0 radical (unpaired) electrons. The van der Waals surface area contributed by atoms with Crippen molar-refractivity contribution in [3.8, 4) is 11.1 Å². The van der Waals surface area contributed by atoms with Gasteiger partial charge in [-0.2, -0.15) is 13.2 Å². The number of alkyl halides is 3. The Morgan fingerprint density at radius 1 is 1.14 bits per heavy atom. The van der Waals surface area contributed by atoms with Crippen molar-refractivity contribution in [1.82, 2.24) is 4.98 Å². The highest BCUT2D eigenvalue weighted by Crippen LogP contribution is 2.37. The number of benzene rings is 1. The predicted molar refractivity (Wildman–Crippen MR) is 67.6 cm³/mol. The molecule has 0 spiro atoms. The number of aromatic nitrogens is 1. The van der Waals surface area contributed by atoms with Gasteiger partial charge in [-0.15, -0.1) is 0 Å². The van der Waals surface area contributed by atoms with Crippen LogP contribution in [0.15, 0.2) is 41.4 Å². The van der Waals surface area contributed by atoms with E-state index in [1.807, 2.05) is 0 Å². The molecule has 0 saturated carbocycles. The summed E-state index contributed by atoms with van der Waals surface area (Å²) in [5.74, 6) is 0. The summed E-state index contributed by atoms with van der Waals surface area (Å²) in [5, 5.41) is -0.207. The summed E-state index contributed by atoms with van der Waals surface area (Å²) in [6.45, 7) is 0. The molecule has 0 aliphatic heterocycles. The molecule has 0 aliphatic rings. The van der Waals surface area contributed by atoms with Gasteiger partial charge in [0.1, 0.15) is 15.3 Å². The third-order valence-electron chi connectivity index (χ3n) is 2.63. The van der Waals surface area contributed by atoms with Gasteiger partial charge in [-0.25, -0.2) is 13.4 Å². The molecule has 2 aromatic rings. The van der Waals surface area contributed by atoms with Crippen molar-refractivity contribution in [3.05, 3.63) is 47.2 Å². The molecule has 0 amide bonds. The first kappa shape index (κ1) is 15.7. The van der Waals surface area contributed by atoms with E-state index in [4.69, 9.17) is 11.6 Å². The molecule has 0 aliphatic carbocycles. The number of pyridine rings is 1. The summed E-state index contributed by atoms with van der Waals surface area (Å²) < 4.78 is 71.8. The summed E-state index contributed by atoms with van der Waals surface area (Å²) >= 11 is 5.76. The highest BCUT2D eigenvalue weighted by Gasteiger charge is 2.31. The fourth-order valence-corrected chi connectivity index (χ4v) is 2.62. The minimum atomic E-state index is -4.96. The second-order valence-electron chi connectivity index (χ2n) is 4.00. The molecule has 0 bridgehead atoms. The number of nitrogens with zero attached hydrogens (tertiary/aromatic N) is 1. The highest BCUT2D eigenvalue weighted by molar-refractivity contribution is 7.85. The highest BCUT2D eigenvalue weighted by atomic mass is 35.5. The van der Waals surface area contributed by atoms with E-state index in [1.165, 1.54) is 18.3 Å². The quantitative estimate of drug-likeness (QED) is 0.623. The molecule has 1 heterocycles. The van der Waals surface area contributed by atoms with Crippen molar-refractivity contribution in [1.29, 1.82) is 0 Å². The van der Waals surface area contributed by atoms with Crippen LogP contribution in [-0.4, -0.2) is 18.0 Å². The first-order valence-electron chi connectivity index (χ1n) is 5.39. The van der Waals surface area contributed by atoms with E-state index >= 15 is 0 Å². The molecular formula is C12H6ClF3NO3S-. The molecule has 0 saturated heterocycles. The van der Waals surface area contributed by atoms with E-state index in [1.54, 1.807) is 0 Å². The topological polar surface area (TPSA) is 70.1 Å². The van der Waals surface area contributed by atoms with Gasteiger partial charge in [0.15, 0.2) is 0 Å². The van der Waals surface area contributed by atoms with E-state index in [2.05, 4.69) is 4.98 Å². The van der Waals surface area contributed by atoms with Crippen molar-refractivity contribution in [2.45, 2.75) is 11.1 Å². The zero-order valence-corrected chi connectivity index (χ0v) is 11.6. The summed E-state index contributed by atoms with van der Waals surface area (Å²) in [5.41, 5.74) is -1.59. The SMILES string of the molecule is O=S(=O)([O-])c1ccc(C(F)(F)F)cc1-c1cccnc1Cl. The Hall–Kier alpha value is -1.64. The second kappa shape index (κ2) is 5.28. The zero-order valence-electron chi connectivity index (χ0n) is 10.1. The lowest BCUT2D eigenvalue weighted by Crippen LogP contribution is -2.08. The number of halogens is 4. The molecule has 1 aromatic heterocycles. The van der Waals surface area contributed by atoms with Gasteiger partial charge in [-0.1, -0.05) is 11.6 Å². The van der Waals surface area contributed by atoms with Crippen molar-refractivity contribution in [2.75, 3.05) is 0 Å². The van der Waals surface area contributed by atoms with Gasteiger partial charge < -0.3 is 4.55 Å². The maximum absolute atomic E-state index is 12.7. The Morgan fingerprint density at radius 2 is 1.81 bits per heavy atom. The van der Waals surface area contributed by atoms with Crippen LogP contribution in [0.4, 0.5) is 13.2 Å². The maximum Gasteiger partial charge on any atom is 0.416 e. The average molecular weight is 337 g/mol. The Morgan fingerprint density at radius 3 is 2.33 bits per heavy atom. The molecule has 9 heteroatoms. The van der Waals surface area contributed by atoms with Gasteiger partial charge in [0.25, 0.3) is 0 Å². The van der Waals surface area contributed by atoms with Gasteiger partial charge >= 0.3 is 6.18 Å². The first-order chi connectivity index (χ1) is 9.60. The predicted octanol–water partition coefficient (Wildman–Crippen LogP) is 3.32. The molecule has 0 unspecified atom stereocenters. The molecule has 0 atom stereocenters. The number of rotatable bonds is 2. The molecule has 112 valence electrons. The Kier molecular flexibility index (Phi) is 3.96. The normalized spacial score (nSPS) is 12.4. The third kappa shape index (κ3) is 3.34. The van der Waals surface area contributed by atoms with E-state index in [-0.39, 0.29) is 10.7 Å². The van der Waals surface area contributed by atoms with Crippen LogP contribution in [0.5, 0.6) is 0 Å². The second-order valence-corrected chi connectivity index (χ2v) is 5.71. The largest absolute Gasteiger partial charge is 0.744 e. The zero-order chi connectivity index (χ0) is 15.8. The van der Waals surface area contributed by atoms with Crippen LogP contribution in [0.2, 0.25) is 5.15 Å². The van der Waals surface area contributed by atoms with E-state index in [0.29, 0.717) is 18.2 Å². The molecule has 2 rings (SSSR count). The van der Waals surface area contributed by atoms with Gasteiger partial charge in [0, 0.05) is 17.3 Å². The maximum atomic E-state index is 12.7. The van der Waals surface area contributed by atoms with Crippen molar-refractivity contribution in [3.63, 3.8) is 0 Å². The fourth-order valence-electron chi connectivity index (χ4n) is 1.72. The van der Waals surface area contributed by atoms with E-state index in [0.717, 1.165) is 0 Å². The van der Waals surface area contributed by atoms with Gasteiger partial charge in [0.05, 0.1) is 10.5 Å². The minimum Gasteiger partial charge on any atom is -0.744 e. The fraction of sp³-hybridized carbons (Fsp3) is 0.0833. The van der Waals surface area contributed by atoms with Crippen LogP contribution in [0.3, 0.4) is 0 Å². The first-order valence-corrected chi connectivity index (χ1v) is 7.17. The summed E-state index contributed by atoms with van der Waals surface area (Å²) in [6, 6.07) is 4.35. The van der Waals surface area contributed by atoms with E-state index in [9.17, 15) is 26.1 Å². The molecule has 4 nitrogen and oxygen atoms in total. The molecule has 1 aromatic carbocycles. The van der Waals surface area contributed by atoms with Crippen LogP contribution in [0.1, 0.15) is 5.56 Å². The summed E-state index contributed by atoms with van der Waals surface area (Å²) in [6.07, 6.45) is -3.40. The molecule has 0 N–H and O–H groups in total. The van der Waals surface area contributed by atoms with Crippen LogP contribution < -0.4 is 0 Å². The van der Waals surface area contributed by atoms with Crippen molar-refractivity contribution in [2.24, 2.45) is 0 Å². The number of hydrogen-bond acceptors (Lipinski definition) is 4. The Balaban J connectivity index is 2.80. The minimum absolute atomic E-state index is 0.0697. The van der Waals surface area contributed by atoms with Crippen LogP contribution >= 0.6 is 11.6 Å². The van der Waals surface area contributed by atoms with Crippen LogP contribution in [-0.2, 0) is 16.3 Å². The molecular weight excluding hydrogens is 331 g/mol. The summed E-state index contributed by atoms with van der Waals surface area (Å²) in [7, 11) is -4.96. The lowest BCUT2D eigenvalue weighted by atomic mass is 10.0. The Labute approximate surface area is 123 Å². The van der Waals surface area contributed by atoms with Crippen LogP contribution in [0, 0.1) is 0 Å². The monoisotopic (exact) mass is 336 g/mol. The van der Waals surface area contributed by atoms with Crippen molar-refractivity contribution < 1.29 is 26.1 Å². The average Bonchev–Trinajstić information content (AvgIpc) is 2.36. The van der Waals surface area contributed by atoms with Crippen LogP contribution in [0.25, 0.3) is 11.1 Å². The molecule has 0 fully saturated rings. The standard InChI is InChI=1S/C12H7ClF3NO3S/c13-11-8(2-1-5-17-11)9-6-7(12(14,15)16)3-4-10(9)21(18,19)20/h1-6H,(H,18,19,20)/p-1. The van der Waals surface area contributed by atoms with Gasteiger partial charge in [-0.3, -0.25) is 0 Å². The van der Waals surface area contributed by atoms with Gasteiger partial charge in [0.2, 0.25) is 0 Å². The lowest BCUT2D eigenvalue weighted by Gasteiger charge is -2.16. The Bertz CT molecular complexity index is 791. The smallest absolute Gasteiger partial charge is 0.416 e. The summed E-state index contributed by atoms with van der Waals surface area (Å²) in [4.78, 5) is 2.87.